The second kappa shape index (κ2) is 11.6. The van der Waals surface area contributed by atoms with Crippen LogP contribution in [0.5, 0.6) is 0 Å². The van der Waals surface area contributed by atoms with Gasteiger partial charge in [-0.3, -0.25) is 4.79 Å². The van der Waals surface area contributed by atoms with Crippen molar-refractivity contribution in [3.05, 3.63) is 29.3 Å². The van der Waals surface area contributed by atoms with Gasteiger partial charge in [-0.25, -0.2) is 0 Å². The Hall–Kier alpha value is -0.970. The molecule has 1 aliphatic rings. The number of hydrogen-bond donors (Lipinski definition) is 2. The lowest BCUT2D eigenvalue weighted by molar-refractivity contribution is -0.130. The summed E-state index contributed by atoms with van der Waals surface area (Å²) in [6, 6.07) is 6.20. The Morgan fingerprint density at radius 1 is 1.17 bits per heavy atom. The highest BCUT2D eigenvalue weighted by molar-refractivity contribution is 5.85. The number of amides is 1. The summed E-state index contributed by atoms with van der Waals surface area (Å²) in [5, 5.41) is 6.73. The molecular weight excluding hydrogens is 345 g/mol. The third-order valence-corrected chi connectivity index (χ3v) is 4.55. The van der Waals surface area contributed by atoms with Gasteiger partial charge >= 0.3 is 0 Å². The lowest BCUT2D eigenvalue weighted by Crippen LogP contribution is -2.43. The first-order valence-corrected chi connectivity index (χ1v) is 8.40. The van der Waals surface area contributed by atoms with Gasteiger partial charge in [0.15, 0.2) is 0 Å². The zero-order valence-corrected chi connectivity index (χ0v) is 16.6. The summed E-state index contributed by atoms with van der Waals surface area (Å²) in [6.45, 7) is 10.6. The van der Waals surface area contributed by atoms with E-state index < -0.39 is 0 Å². The summed E-state index contributed by atoms with van der Waals surface area (Å²) >= 11 is 0. The van der Waals surface area contributed by atoms with E-state index in [0.29, 0.717) is 6.54 Å². The number of likely N-dealkylation sites (tertiary alicyclic amines) is 1. The minimum atomic E-state index is 0. The van der Waals surface area contributed by atoms with Crippen LogP contribution in [0.25, 0.3) is 0 Å². The van der Waals surface area contributed by atoms with Gasteiger partial charge in [-0.15, -0.1) is 24.8 Å². The Labute approximate surface area is 158 Å². The van der Waals surface area contributed by atoms with E-state index in [9.17, 15) is 4.79 Å². The SMILES string of the molecule is CCNCC1CCN(C(=O)CNc2c(C)cccc2C)CC1.Cl.Cl. The van der Waals surface area contributed by atoms with Crippen LogP contribution in [0, 0.1) is 19.8 Å². The standard InChI is InChI=1S/C18H29N3O.2ClH/c1-4-19-12-16-8-10-21(11-9-16)17(22)13-20-18-14(2)6-5-7-15(18)3;;/h5-7,16,19-20H,4,8-13H2,1-3H3;2*1H. The van der Waals surface area contributed by atoms with Gasteiger partial charge in [0, 0.05) is 18.8 Å². The highest BCUT2D eigenvalue weighted by Crippen LogP contribution is 2.20. The third kappa shape index (κ3) is 6.50. The third-order valence-electron chi connectivity index (χ3n) is 4.55. The fraction of sp³-hybridized carbons (Fsp3) is 0.611. The van der Waals surface area contributed by atoms with Crippen LogP contribution in [-0.4, -0.2) is 43.5 Å². The molecule has 0 saturated carbocycles. The smallest absolute Gasteiger partial charge is 0.241 e. The highest BCUT2D eigenvalue weighted by atomic mass is 35.5. The normalized spacial score (nSPS) is 14.5. The average molecular weight is 376 g/mol. The van der Waals surface area contributed by atoms with Gasteiger partial charge in [0.25, 0.3) is 0 Å². The molecule has 0 aliphatic carbocycles. The molecule has 2 N–H and O–H groups in total. The quantitative estimate of drug-likeness (QED) is 0.800. The van der Waals surface area contributed by atoms with E-state index in [4.69, 9.17) is 0 Å². The number of nitrogens with one attached hydrogen (secondary N) is 2. The Kier molecular flexibility index (Phi) is 11.1. The first-order chi connectivity index (χ1) is 10.6. The van der Waals surface area contributed by atoms with Crippen LogP contribution >= 0.6 is 24.8 Å². The van der Waals surface area contributed by atoms with Gasteiger partial charge in [-0.2, -0.15) is 0 Å². The molecule has 1 heterocycles. The van der Waals surface area contributed by atoms with E-state index in [-0.39, 0.29) is 30.7 Å². The van der Waals surface area contributed by atoms with E-state index >= 15 is 0 Å². The van der Waals surface area contributed by atoms with Gasteiger partial charge in [-0.1, -0.05) is 25.1 Å². The number of halogens is 2. The summed E-state index contributed by atoms with van der Waals surface area (Å²) in [5.41, 5.74) is 3.48. The van der Waals surface area contributed by atoms with Gasteiger partial charge in [-0.05, 0) is 56.8 Å². The molecule has 4 nitrogen and oxygen atoms in total. The average Bonchev–Trinajstić information content (AvgIpc) is 2.52. The summed E-state index contributed by atoms with van der Waals surface area (Å²) in [5.74, 6) is 0.931. The maximum Gasteiger partial charge on any atom is 0.241 e. The molecule has 2 rings (SSSR count). The molecule has 24 heavy (non-hydrogen) atoms. The molecule has 0 atom stereocenters. The molecule has 1 amide bonds. The second-order valence-electron chi connectivity index (χ2n) is 6.25. The van der Waals surface area contributed by atoms with Gasteiger partial charge in [0.2, 0.25) is 5.91 Å². The lowest BCUT2D eigenvalue weighted by Gasteiger charge is -2.32. The van der Waals surface area contributed by atoms with Crippen molar-refractivity contribution in [1.82, 2.24) is 10.2 Å². The Morgan fingerprint density at radius 2 is 1.75 bits per heavy atom. The van der Waals surface area contributed by atoms with Gasteiger partial charge in [0.05, 0.1) is 6.54 Å². The minimum Gasteiger partial charge on any atom is -0.376 e. The maximum absolute atomic E-state index is 12.4. The predicted molar refractivity (Wildman–Crippen MR) is 107 cm³/mol. The molecule has 1 aliphatic heterocycles. The maximum atomic E-state index is 12.4. The Balaban J connectivity index is 0.00000264. The largest absolute Gasteiger partial charge is 0.376 e. The van der Waals surface area contributed by atoms with Crippen LogP contribution in [0.2, 0.25) is 0 Å². The van der Waals surface area contributed by atoms with Crippen molar-refractivity contribution in [2.24, 2.45) is 5.92 Å². The van der Waals surface area contributed by atoms with Crippen LogP contribution in [0.4, 0.5) is 5.69 Å². The topological polar surface area (TPSA) is 44.4 Å². The van der Waals surface area contributed by atoms with E-state index in [1.807, 2.05) is 11.0 Å². The number of piperidine rings is 1. The van der Waals surface area contributed by atoms with Crippen molar-refractivity contribution < 1.29 is 4.79 Å². The number of carbonyl (C=O) groups excluding carboxylic acids is 1. The monoisotopic (exact) mass is 375 g/mol. The highest BCUT2D eigenvalue weighted by Gasteiger charge is 2.22. The summed E-state index contributed by atoms with van der Waals surface area (Å²) in [7, 11) is 0. The first-order valence-electron chi connectivity index (χ1n) is 8.40. The zero-order chi connectivity index (χ0) is 15.9. The van der Waals surface area contributed by atoms with Crippen LogP contribution in [0.1, 0.15) is 30.9 Å². The van der Waals surface area contributed by atoms with Crippen LogP contribution in [0.3, 0.4) is 0 Å². The van der Waals surface area contributed by atoms with Crippen LogP contribution in [-0.2, 0) is 4.79 Å². The molecule has 0 bridgehead atoms. The number of para-hydroxylation sites is 1. The molecule has 1 aromatic rings. The molecule has 1 fully saturated rings. The zero-order valence-electron chi connectivity index (χ0n) is 14.9. The first kappa shape index (κ1) is 23.0. The van der Waals surface area contributed by atoms with E-state index in [0.717, 1.165) is 50.6 Å². The second-order valence-corrected chi connectivity index (χ2v) is 6.25. The van der Waals surface area contributed by atoms with Gasteiger partial charge in [0.1, 0.15) is 0 Å². The van der Waals surface area contributed by atoms with Crippen molar-refractivity contribution >= 4 is 36.4 Å². The van der Waals surface area contributed by atoms with Crippen molar-refractivity contribution in [3.8, 4) is 0 Å². The number of benzene rings is 1. The van der Waals surface area contributed by atoms with Crippen molar-refractivity contribution in [2.75, 3.05) is 38.0 Å². The minimum absolute atomic E-state index is 0. The number of aryl methyl sites for hydroxylation is 2. The van der Waals surface area contributed by atoms with Gasteiger partial charge < -0.3 is 15.5 Å². The number of rotatable bonds is 6. The molecular formula is C18H31Cl2N3O. The number of nitrogens with zero attached hydrogens (tertiary/aromatic N) is 1. The lowest BCUT2D eigenvalue weighted by atomic mass is 9.97. The molecule has 0 radical (unpaired) electrons. The van der Waals surface area contributed by atoms with Crippen LogP contribution < -0.4 is 10.6 Å². The van der Waals surface area contributed by atoms with E-state index in [1.54, 1.807) is 0 Å². The fourth-order valence-electron chi connectivity index (χ4n) is 3.10. The number of anilines is 1. The molecule has 0 spiro atoms. The molecule has 1 saturated heterocycles. The molecule has 0 unspecified atom stereocenters. The van der Waals surface area contributed by atoms with Crippen LogP contribution in [0.15, 0.2) is 18.2 Å². The number of hydrogen-bond acceptors (Lipinski definition) is 3. The molecule has 0 aromatic heterocycles. The summed E-state index contributed by atoms with van der Waals surface area (Å²) in [4.78, 5) is 14.4. The molecule has 138 valence electrons. The summed E-state index contributed by atoms with van der Waals surface area (Å²) in [6.07, 6.45) is 2.23. The van der Waals surface area contributed by atoms with E-state index in [2.05, 4.69) is 43.5 Å². The number of carbonyl (C=O) groups is 1. The molecule has 1 aromatic carbocycles. The van der Waals surface area contributed by atoms with E-state index in [1.165, 1.54) is 11.1 Å². The van der Waals surface area contributed by atoms with Crippen molar-refractivity contribution in [3.63, 3.8) is 0 Å². The predicted octanol–water partition coefficient (Wildman–Crippen LogP) is 3.41. The molecule has 6 heteroatoms. The van der Waals surface area contributed by atoms with Crippen molar-refractivity contribution in [1.29, 1.82) is 0 Å². The fourth-order valence-corrected chi connectivity index (χ4v) is 3.10. The van der Waals surface area contributed by atoms with Crippen molar-refractivity contribution in [2.45, 2.75) is 33.6 Å². The Bertz CT molecular complexity index is 483. The Morgan fingerprint density at radius 3 is 2.29 bits per heavy atom. The summed E-state index contributed by atoms with van der Waals surface area (Å²) < 4.78 is 0.